The van der Waals surface area contributed by atoms with Crippen LogP contribution in [0.2, 0.25) is 19.6 Å². The van der Waals surface area contributed by atoms with Crippen LogP contribution in [0.3, 0.4) is 0 Å². The molecule has 0 heterocycles. The van der Waals surface area contributed by atoms with Gasteiger partial charge < -0.3 is 10.2 Å². The molecule has 0 amide bonds. The van der Waals surface area contributed by atoms with Gasteiger partial charge >= 0.3 is 5.97 Å². The molecule has 0 aliphatic carbocycles. The van der Waals surface area contributed by atoms with Gasteiger partial charge in [-0.15, -0.1) is 12.4 Å². The van der Waals surface area contributed by atoms with Gasteiger partial charge in [-0.3, -0.25) is 4.79 Å². The van der Waals surface area contributed by atoms with Crippen molar-refractivity contribution in [1.82, 2.24) is 0 Å². The molecule has 0 aromatic rings. The minimum atomic E-state index is -1.76. The van der Waals surface area contributed by atoms with E-state index in [0.29, 0.717) is 0 Å². The molecule has 0 fully saturated rings. The number of nitrogens with two attached hydrogens (primary N) is 1. The topological polar surface area (TPSA) is 52.3 Å². The van der Waals surface area contributed by atoms with Gasteiger partial charge in [-0.2, -0.15) is 0 Å². The maximum atomic E-state index is 11.3. The summed E-state index contributed by atoms with van der Waals surface area (Å²) in [6.45, 7) is 9.74. The van der Waals surface area contributed by atoms with Crippen LogP contribution >= 0.6 is 12.4 Å². The van der Waals surface area contributed by atoms with Crippen LogP contribution in [0.4, 0.5) is 0 Å². The lowest BCUT2D eigenvalue weighted by Gasteiger charge is -2.22. The molecule has 0 bridgehead atoms. The highest BCUT2D eigenvalue weighted by Gasteiger charge is 2.25. The molecular weight excluding hydrogens is 206 g/mol. The van der Waals surface area contributed by atoms with Gasteiger partial charge in [-0.05, 0) is 25.6 Å². The van der Waals surface area contributed by atoms with Gasteiger partial charge in [0.15, 0.2) is 0 Å². The lowest BCUT2D eigenvalue weighted by atomic mass is 10.1. The number of halogens is 1. The van der Waals surface area contributed by atoms with Crippen LogP contribution < -0.4 is 5.73 Å². The summed E-state index contributed by atoms with van der Waals surface area (Å²) in [5.41, 5.74) is 5.61. The minimum Gasteiger partial charge on any atom is -0.519 e. The van der Waals surface area contributed by atoms with Crippen LogP contribution in [0.25, 0.3) is 0 Å². The zero-order chi connectivity index (χ0) is 9.94. The molecule has 0 saturated carbocycles. The number of carbonyl (C=O) groups is 1. The van der Waals surface area contributed by atoms with Crippen LogP contribution in [-0.4, -0.2) is 20.3 Å². The van der Waals surface area contributed by atoms with E-state index in [1.165, 1.54) is 0 Å². The van der Waals surface area contributed by atoms with Crippen LogP contribution in [-0.2, 0) is 9.22 Å². The van der Waals surface area contributed by atoms with Gasteiger partial charge in [0.25, 0.3) is 0 Å². The molecular formula is C8H20ClNO2Si. The van der Waals surface area contributed by atoms with Crippen molar-refractivity contribution in [3.8, 4) is 0 Å². The predicted octanol–water partition coefficient (Wildman–Crippen LogP) is 1.77. The van der Waals surface area contributed by atoms with Crippen LogP contribution in [0.1, 0.15) is 13.8 Å². The largest absolute Gasteiger partial charge is 0.519 e. The molecule has 0 spiro atoms. The SMILES string of the molecule is CC(C)[C@H](N)C(=O)O[Si](C)(C)C.Cl. The molecule has 0 saturated heterocycles. The summed E-state index contributed by atoms with van der Waals surface area (Å²) in [5.74, 6) is -0.113. The minimum absolute atomic E-state index is 0. The summed E-state index contributed by atoms with van der Waals surface area (Å²) in [4.78, 5) is 11.3. The van der Waals surface area contributed by atoms with Crippen molar-refractivity contribution in [2.45, 2.75) is 39.5 Å². The zero-order valence-corrected chi connectivity index (χ0v) is 10.8. The van der Waals surface area contributed by atoms with Crippen molar-refractivity contribution in [3.05, 3.63) is 0 Å². The Morgan fingerprint density at radius 2 is 1.69 bits per heavy atom. The maximum absolute atomic E-state index is 11.3. The number of hydrogen-bond donors (Lipinski definition) is 1. The van der Waals surface area contributed by atoms with Crippen LogP contribution in [0, 0.1) is 5.92 Å². The average Bonchev–Trinajstić information content (AvgIpc) is 1.82. The highest BCUT2D eigenvalue weighted by atomic mass is 35.5. The Kier molecular flexibility index (Phi) is 6.66. The molecule has 5 heteroatoms. The first-order valence-electron chi connectivity index (χ1n) is 4.22. The molecule has 80 valence electrons. The van der Waals surface area contributed by atoms with Crippen molar-refractivity contribution in [1.29, 1.82) is 0 Å². The smallest absolute Gasteiger partial charge is 0.309 e. The Balaban J connectivity index is 0. The van der Waals surface area contributed by atoms with E-state index in [1.54, 1.807) is 0 Å². The Labute approximate surface area is 87.6 Å². The lowest BCUT2D eigenvalue weighted by Crippen LogP contribution is -2.42. The summed E-state index contributed by atoms with van der Waals surface area (Å²) in [5, 5.41) is 0. The van der Waals surface area contributed by atoms with Crippen molar-refractivity contribution in [2.75, 3.05) is 0 Å². The Morgan fingerprint density at radius 1 is 1.31 bits per heavy atom. The second-order valence-corrected chi connectivity index (χ2v) is 8.73. The quantitative estimate of drug-likeness (QED) is 0.745. The van der Waals surface area contributed by atoms with Gasteiger partial charge in [-0.25, -0.2) is 0 Å². The molecule has 0 unspecified atom stereocenters. The molecule has 0 rings (SSSR count). The van der Waals surface area contributed by atoms with E-state index in [9.17, 15) is 4.79 Å². The molecule has 2 N–H and O–H groups in total. The lowest BCUT2D eigenvalue weighted by molar-refractivity contribution is -0.137. The highest BCUT2D eigenvalue weighted by Crippen LogP contribution is 2.07. The first-order chi connectivity index (χ1) is 5.24. The first-order valence-corrected chi connectivity index (χ1v) is 7.63. The fourth-order valence-electron chi connectivity index (χ4n) is 0.642. The number of rotatable bonds is 3. The molecule has 1 atom stereocenters. The second kappa shape index (κ2) is 5.62. The standard InChI is InChI=1S/C8H19NO2Si.ClH/c1-6(2)7(9)8(10)11-12(3,4)5;/h6-7H,9H2,1-5H3;1H/t7-;/m0./s1. The predicted molar refractivity (Wildman–Crippen MR) is 59.5 cm³/mol. The average molecular weight is 226 g/mol. The van der Waals surface area contributed by atoms with Gasteiger partial charge in [0, 0.05) is 0 Å². The molecule has 0 aromatic carbocycles. The fraction of sp³-hybridized carbons (Fsp3) is 0.875. The molecule has 0 aliphatic rings. The highest BCUT2D eigenvalue weighted by molar-refractivity contribution is 6.71. The second-order valence-electron chi connectivity index (χ2n) is 4.30. The summed E-state index contributed by atoms with van der Waals surface area (Å²) < 4.78 is 5.24. The van der Waals surface area contributed by atoms with Crippen molar-refractivity contribution >= 4 is 26.7 Å². The third kappa shape index (κ3) is 7.04. The summed E-state index contributed by atoms with van der Waals surface area (Å²) in [6.07, 6.45) is 0. The van der Waals surface area contributed by atoms with E-state index >= 15 is 0 Å². The van der Waals surface area contributed by atoms with Crippen LogP contribution in [0.15, 0.2) is 0 Å². The van der Waals surface area contributed by atoms with Crippen LogP contribution in [0.5, 0.6) is 0 Å². The summed E-state index contributed by atoms with van der Waals surface area (Å²) in [6, 6.07) is -0.475. The Bertz CT molecular complexity index is 168. The zero-order valence-electron chi connectivity index (χ0n) is 8.96. The van der Waals surface area contributed by atoms with Gasteiger partial charge in [0.1, 0.15) is 6.04 Å². The molecule has 13 heavy (non-hydrogen) atoms. The third-order valence-electron chi connectivity index (χ3n) is 1.40. The summed E-state index contributed by atoms with van der Waals surface area (Å²) in [7, 11) is -1.76. The molecule has 0 aliphatic heterocycles. The van der Waals surface area contributed by atoms with E-state index in [0.717, 1.165) is 0 Å². The number of hydrogen-bond acceptors (Lipinski definition) is 3. The monoisotopic (exact) mass is 225 g/mol. The third-order valence-corrected chi connectivity index (χ3v) is 2.21. The van der Waals surface area contributed by atoms with E-state index in [-0.39, 0.29) is 24.3 Å². The maximum Gasteiger partial charge on any atom is 0.309 e. The Morgan fingerprint density at radius 3 is 1.92 bits per heavy atom. The van der Waals surface area contributed by atoms with Gasteiger partial charge in [0.05, 0.1) is 0 Å². The van der Waals surface area contributed by atoms with Crippen molar-refractivity contribution < 1.29 is 9.22 Å². The van der Waals surface area contributed by atoms with Gasteiger partial charge in [-0.1, -0.05) is 13.8 Å². The molecule has 0 aromatic heterocycles. The van der Waals surface area contributed by atoms with E-state index in [2.05, 4.69) is 0 Å². The normalized spacial score (nSPS) is 13.5. The van der Waals surface area contributed by atoms with E-state index in [1.807, 2.05) is 33.5 Å². The Hall–Kier alpha value is -0.0631. The van der Waals surface area contributed by atoms with E-state index < -0.39 is 14.4 Å². The molecule has 0 radical (unpaired) electrons. The summed E-state index contributed by atoms with van der Waals surface area (Å²) >= 11 is 0. The van der Waals surface area contributed by atoms with Crippen molar-refractivity contribution in [2.24, 2.45) is 11.7 Å². The first kappa shape index (κ1) is 15.4. The molecule has 3 nitrogen and oxygen atoms in total. The fourth-order valence-corrected chi connectivity index (χ4v) is 1.38. The van der Waals surface area contributed by atoms with Gasteiger partial charge in [0.2, 0.25) is 8.32 Å². The van der Waals surface area contributed by atoms with E-state index in [4.69, 9.17) is 10.2 Å². The van der Waals surface area contributed by atoms with Crippen molar-refractivity contribution in [3.63, 3.8) is 0 Å². The number of carbonyl (C=O) groups excluding carboxylic acids is 1.